The number of nitriles is 1. The van der Waals surface area contributed by atoms with E-state index in [2.05, 4.69) is 6.07 Å². The van der Waals surface area contributed by atoms with Gasteiger partial charge in [0.15, 0.2) is 0 Å². The second-order valence-corrected chi connectivity index (χ2v) is 6.54. The molecule has 26 heavy (non-hydrogen) atoms. The molecule has 0 saturated carbocycles. The predicted molar refractivity (Wildman–Crippen MR) is 101 cm³/mol. The summed E-state index contributed by atoms with van der Waals surface area (Å²) in [5.74, 6) is -0.0320. The Kier molecular flexibility index (Phi) is 4.02. The number of nitrogens with zero attached hydrogens (tertiary/aromatic N) is 2. The number of anilines is 1. The van der Waals surface area contributed by atoms with Crippen LogP contribution in [0.15, 0.2) is 91.0 Å². The van der Waals surface area contributed by atoms with E-state index in [1.165, 1.54) is 0 Å². The molecule has 3 nitrogen and oxygen atoms in total. The quantitative estimate of drug-likeness (QED) is 0.699. The van der Waals surface area contributed by atoms with E-state index >= 15 is 0 Å². The molecule has 4 rings (SSSR count). The summed E-state index contributed by atoms with van der Waals surface area (Å²) in [5.41, 5.74) is 1.74. The van der Waals surface area contributed by atoms with E-state index in [9.17, 15) is 10.1 Å². The van der Waals surface area contributed by atoms with Crippen LogP contribution in [0.3, 0.4) is 0 Å². The van der Waals surface area contributed by atoms with E-state index < -0.39 is 5.41 Å². The Morgan fingerprint density at radius 2 is 1.38 bits per heavy atom. The molecule has 0 bridgehead atoms. The van der Waals surface area contributed by atoms with Gasteiger partial charge in [-0.3, -0.25) is 4.79 Å². The molecule has 3 heteroatoms. The van der Waals surface area contributed by atoms with Crippen LogP contribution in [0.5, 0.6) is 0 Å². The Morgan fingerprint density at radius 3 is 1.96 bits per heavy atom. The number of carbonyl (C=O) groups excluding carboxylic acids is 1. The molecule has 1 aliphatic heterocycles. The first-order chi connectivity index (χ1) is 12.8. The largest absolute Gasteiger partial charge is 0.303 e. The van der Waals surface area contributed by atoms with Gasteiger partial charge >= 0.3 is 0 Å². The van der Waals surface area contributed by atoms with Crippen molar-refractivity contribution in [2.45, 2.75) is 17.9 Å². The molecular formula is C23H18N2O. The van der Waals surface area contributed by atoms with Gasteiger partial charge in [-0.1, -0.05) is 78.9 Å². The van der Waals surface area contributed by atoms with Crippen molar-refractivity contribution in [3.63, 3.8) is 0 Å². The maximum absolute atomic E-state index is 13.1. The monoisotopic (exact) mass is 338 g/mol. The normalized spacial score (nSPS) is 22.2. The standard InChI is InChI=1S/C23H18N2O/c24-17-23(19-12-6-2-7-13-19)16-21(26)25(20-14-8-3-9-15-20)22(23)18-10-4-1-5-11-18/h1-15,22H,16H2/t22-,23+/m1/s1. The van der Waals surface area contributed by atoms with Gasteiger partial charge in [-0.15, -0.1) is 0 Å². The van der Waals surface area contributed by atoms with Crippen molar-refractivity contribution < 1.29 is 4.79 Å². The maximum atomic E-state index is 13.1. The van der Waals surface area contributed by atoms with Crippen molar-refractivity contribution in [2.24, 2.45) is 0 Å². The number of benzene rings is 3. The predicted octanol–water partition coefficient (Wildman–Crippen LogP) is 4.63. The Bertz CT molecular complexity index is 948. The average molecular weight is 338 g/mol. The van der Waals surface area contributed by atoms with E-state index in [-0.39, 0.29) is 18.4 Å². The summed E-state index contributed by atoms with van der Waals surface area (Å²) in [5, 5.41) is 10.3. The van der Waals surface area contributed by atoms with E-state index in [4.69, 9.17) is 0 Å². The van der Waals surface area contributed by atoms with Gasteiger partial charge in [0.2, 0.25) is 5.91 Å². The maximum Gasteiger partial charge on any atom is 0.229 e. The van der Waals surface area contributed by atoms with Gasteiger partial charge in [-0.25, -0.2) is 0 Å². The van der Waals surface area contributed by atoms with Crippen molar-refractivity contribution in [3.05, 3.63) is 102 Å². The zero-order valence-electron chi connectivity index (χ0n) is 14.2. The summed E-state index contributed by atoms with van der Waals surface area (Å²) >= 11 is 0. The van der Waals surface area contributed by atoms with Crippen LogP contribution in [-0.4, -0.2) is 5.91 Å². The van der Waals surface area contributed by atoms with Gasteiger partial charge in [0.1, 0.15) is 5.41 Å². The Morgan fingerprint density at radius 1 is 0.846 bits per heavy atom. The van der Waals surface area contributed by atoms with E-state index in [1.54, 1.807) is 4.90 Å². The molecule has 0 aliphatic carbocycles. The molecule has 1 saturated heterocycles. The first-order valence-electron chi connectivity index (χ1n) is 8.65. The smallest absolute Gasteiger partial charge is 0.229 e. The summed E-state index contributed by atoms with van der Waals surface area (Å²) < 4.78 is 0. The molecule has 1 heterocycles. The van der Waals surface area contributed by atoms with Gasteiger partial charge in [0.25, 0.3) is 0 Å². The van der Waals surface area contributed by atoms with Gasteiger partial charge in [0, 0.05) is 5.69 Å². The van der Waals surface area contributed by atoms with E-state index in [1.807, 2.05) is 91.0 Å². The highest BCUT2D eigenvalue weighted by Gasteiger charge is 2.54. The van der Waals surface area contributed by atoms with Gasteiger partial charge in [-0.05, 0) is 23.3 Å². The second kappa shape index (κ2) is 6.50. The second-order valence-electron chi connectivity index (χ2n) is 6.54. The molecule has 0 spiro atoms. The highest BCUT2D eigenvalue weighted by molar-refractivity contribution is 5.99. The summed E-state index contributed by atoms with van der Waals surface area (Å²) in [6.07, 6.45) is 0.169. The van der Waals surface area contributed by atoms with Gasteiger partial charge < -0.3 is 4.90 Å². The molecule has 1 fully saturated rings. The van der Waals surface area contributed by atoms with Crippen LogP contribution in [0.2, 0.25) is 0 Å². The third-order valence-corrected chi connectivity index (χ3v) is 5.06. The fourth-order valence-corrected chi connectivity index (χ4v) is 3.90. The molecular weight excluding hydrogens is 320 g/mol. The number of hydrogen-bond donors (Lipinski definition) is 0. The summed E-state index contributed by atoms with van der Waals surface area (Å²) in [6.45, 7) is 0. The lowest BCUT2D eigenvalue weighted by Gasteiger charge is -2.33. The van der Waals surface area contributed by atoms with Crippen molar-refractivity contribution in [1.82, 2.24) is 0 Å². The number of para-hydroxylation sites is 1. The van der Waals surface area contributed by atoms with Crippen molar-refractivity contribution in [2.75, 3.05) is 4.90 Å². The van der Waals surface area contributed by atoms with Crippen LogP contribution in [0.1, 0.15) is 23.6 Å². The Hall–Kier alpha value is -3.38. The fourth-order valence-electron chi connectivity index (χ4n) is 3.90. The minimum atomic E-state index is -0.921. The van der Waals surface area contributed by atoms with Crippen LogP contribution in [-0.2, 0) is 10.2 Å². The molecule has 126 valence electrons. The van der Waals surface area contributed by atoms with E-state index in [0.717, 1.165) is 16.8 Å². The number of rotatable bonds is 3. The minimum Gasteiger partial charge on any atom is -0.303 e. The molecule has 3 aromatic carbocycles. The average Bonchev–Trinajstić information content (AvgIpc) is 3.03. The first kappa shape index (κ1) is 16.1. The minimum absolute atomic E-state index is 0.0320. The molecule has 0 N–H and O–H groups in total. The number of hydrogen-bond acceptors (Lipinski definition) is 2. The third kappa shape index (κ3) is 2.48. The molecule has 0 radical (unpaired) electrons. The fraction of sp³-hybridized carbons (Fsp3) is 0.130. The van der Waals surface area contributed by atoms with Crippen molar-refractivity contribution in [3.8, 4) is 6.07 Å². The van der Waals surface area contributed by atoms with Crippen molar-refractivity contribution >= 4 is 11.6 Å². The lowest BCUT2D eigenvalue weighted by atomic mass is 9.73. The third-order valence-electron chi connectivity index (χ3n) is 5.06. The Balaban J connectivity index is 1.95. The zero-order valence-corrected chi connectivity index (χ0v) is 14.2. The lowest BCUT2D eigenvalue weighted by Crippen LogP contribution is -2.35. The Labute approximate surface area is 153 Å². The molecule has 0 unspecified atom stereocenters. The van der Waals surface area contributed by atoms with Crippen molar-refractivity contribution in [1.29, 1.82) is 5.26 Å². The zero-order chi connectivity index (χ0) is 18.0. The number of amides is 1. The van der Waals surface area contributed by atoms with Crippen LogP contribution in [0, 0.1) is 11.3 Å². The molecule has 1 aliphatic rings. The van der Waals surface area contributed by atoms with Crippen LogP contribution in [0.4, 0.5) is 5.69 Å². The van der Waals surface area contributed by atoms with Crippen LogP contribution < -0.4 is 4.90 Å². The molecule has 3 aromatic rings. The van der Waals surface area contributed by atoms with Gasteiger partial charge in [0.05, 0.1) is 18.5 Å². The number of carbonyl (C=O) groups is 1. The van der Waals surface area contributed by atoms with Crippen LogP contribution >= 0.6 is 0 Å². The summed E-state index contributed by atoms with van der Waals surface area (Å²) in [4.78, 5) is 14.9. The topological polar surface area (TPSA) is 44.1 Å². The highest BCUT2D eigenvalue weighted by Crippen LogP contribution is 2.50. The lowest BCUT2D eigenvalue weighted by molar-refractivity contribution is -0.117. The summed E-state index contributed by atoms with van der Waals surface area (Å²) in [7, 11) is 0. The molecule has 1 amide bonds. The SMILES string of the molecule is N#C[C@]1(c2ccccc2)CC(=O)N(c2ccccc2)[C@@H]1c1ccccc1. The molecule has 2 atom stereocenters. The first-order valence-corrected chi connectivity index (χ1v) is 8.65. The molecule has 0 aromatic heterocycles. The van der Waals surface area contributed by atoms with Gasteiger partial charge in [-0.2, -0.15) is 5.26 Å². The van der Waals surface area contributed by atoms with Crippen LogP contribution in [0.25, 0.3) is 0 Å². The highest BCUT2D eigenvalue weighted by atomic mass is 16.2. The van der Waals surface area contributed by atoms with E-state index in [0.29, 0.717) is 0 Å². The summed E-state index contributed by atoms with van der Waals surface area (Å²) in [6, 6.07) is 31.3.